The highest BCUT2D eigenvalue weighted by Gasteiger charge is 2.61. The molecule has 0 saturated heterocycles. The molecule has 0 heterocycles. The first-order valence-electron chi connectivity index (χ1n) is 4.72. The van der Waals surface area contributed by atoms with Crippen molar-refractivity contribution in [2.75, 3.05) is 7.11 Å². The van der Waals surface area contributed by atoms with Crippen LogP contribution in [0.4, 0.5) is 17.6 Å². The maximum atomic E-state index is 13.2. The van der Waals surface area contributed by atoms with E-state index in [0.717, 1.165) is 6.42 Å². The van der Waals surface area contributed by atoms with Gasteiger partial charge in [-0.25, -0.2) is 0 Å². The van der Waals surface area contributed by atoms with Gasteiger partial charge < -0.3 is 4.74 Å². The van der Waals surface area contributed by atoms with Crippen LogP contribution in [0.5, 0.6) is 0 Å². The van der Waals surface area contributed by atoms with E-state index in [1.54, 1.807) is 0 Å². The van der Waals surface area contributed by atoms with E-state index in [1.165, 1.54) is 0 Å². The van der Waals surface area contributed by atoms with Crippen molar-refractivity contribution in [3.63, 3.8) is 0 Å². The Bertz CT molecular complexity index is 187. The van der Waals surface area contributed by atoms with Gasteiger partial charge >= 0.3 is 12.0 Å². The monoisotopic (exact) mass is 214 g/mol. The second-order valence-electron chi connectivity index (χ2n) is 3.68. The minimum Gasteiger partial charge on any atom is -0.319 e. The van der Waals surface area contributed by atoms with E-state index in [-0.39, 0.29) is 12.8 Å². The molecule has 1 aliphatic carbocycles. The highest BCUT2D eigenvalue weighted by Crippen LogP contribution is 2.46. The lowest BCUT2D eigenvalue weighted by Crippen LogP contribution is -2.48. The van der Waals surface area contributed by atoms with Gasteiger partial charge in [-0.3, -0.25) is 0 Å². The summed E-state index contributed by atoms with van der Waals surface area (Å²) in [6.45, 7) is 0. The molecule has 1 aliphatic rings. The predicted molar refractivity (Wildman–Crippen MR) is 43.5 cm³/mol. The zero-order chi connectivity index (χ0) is 10.8. The van der Waals surface area contributed by atoms with E-state index in [2.05, 4.69) is 4.74 Å². The molecule has 0 radical (unpaired) electrons. The second-order valence-corrected chi connectivity index (χ2v) is 3.68. The van der Waals surface area contributed by atoms with Crippen LogP contribution in [0, 0.1) is 5.92 Å². The molecule has 1 saturated carbocycles. The molecule has 1 rings (SSSR count). The van der Waals surface area contributed by atoms with Crippen molar-refractivity contribution in [1.82, 2.24) is 0 Å². The summed E-state index contributed by atoms with van der Waals surface area (Å²) >= 11 is 0. The molecule has 0 amide bonds. The van der Waals surface area contributed by atoms with Gasteiger partial charge in [0.05, 0.1) is 0 Å². The Labute approximate surface area is 80.4 Å². The van der Waals surface area contributed by atoms with Gasteiger partial charge in [-0.2, -0.15) is 17.6 Å². The van der Waals surface area contributed by atoms with Gasteiger partial charge in [0.1, 0.15) is 0 Å². The largest absolute Gasteiger partial charge is 0.419 e. The summed E-state index contributed by atoms with van der Waals surface area (Å²) in [5.41, 5.74) is 0. The van der Waals surface area contributed by atoms with Crippen LogP contribution in [0.1, 0.15) is 32.1 Å². The number of ether oxygens (including phenoxy) is 1. The lowest BCUT2D eigenvalue weighted by Gasteiger charge is -2.33. The Morgan fingerprint density at radius 2 is 1.50 bits per heavy atom. The maximum Gasteiger partial charge on any atom is 0.419 e. The van der Waals surface area contributed by atoms with Crippen molar-refractivity contribution in [3.05, 3.63) is 0 Å². The maximum absolute atomic E-state index is 13.2. The number of hydrogen-bond donors (Lipinski definition) is 0. The molecular formula is C9H14F4O. The first kappa shape index (κ1) is 11.8. The zero-order valence-electron chi connectivity index (χ0n) is 8.03. The lowest BCUT2D eigenvalue weighted by molar-refractivity contribution is -0.355. The van der Waals surface area contributed by atoms with Gasteiger partial charge in [0, 0.05) is 13.0 Å². The highest BCUT2D eigenvalue weighted by atomic mass is 19.3. The first-order valence-corrected chi connectivity index (χ1v) is 4.72. The standard InChI is InChI=1S/C9H14F4O/c1-14-9(12,13)8(10,11)7-5-3-2-4-6-7/h7H,2-6H2,1H3. The van der Waals surface area contributed by atoms with Crippen LogP contribution in [0.3, 0.4) is 0 Å². The summed E-state index contributed by atoms with van der Waals surface area (Å²) in [5, 5.41) is 0. The van der Waals surface area contributed by atoms with E-state index >= 15 is 0 Å². The molecule has 0 atom stereocenters. The van der Waals surface area contributed by atoms with Crippen LogP contribution >= 0.6 is 0 Å². The van der Waals surface area contributed by atoms with Crippen LogP contribution in [0.15, 0.2) is 0 Å². The normalized spacial score (nSPS) is 21.2. The van der Waals surface area contributed by atoms with Gasteiger partial charge in [0.15, 0.2) is 0 Å². The SMILES string of the molecule is COC(F)(F)C(F)(F)C1CCCCC1. The first-order chi connectivity index (χ1) is 6.42. The van der Waals surface area contributed by atoms with Gasteiger partial charge in [0.2, 0.25) is 0 Å². The van der Waals surface area contributed by atoms with E-state index in [0.29, 0.717) is 20.0 Å². The van der Waals surface area contributed by atoms with Crippen LogP contribution < -0.4 is 0 Å². The van der Waals surface area contributed by atoms with Crippen molar-refractivity contribution in [1.29, 1.82) is 0 Å². The summed E-state index contributed by atoms with van der Waals surface area (Å²) in [7, 11) is 0.608. The van der Waals surface area contributed by atoms with E-state index in [1.807, 2.05) is 0 Å². The van der Waals surface area contributed by atoms with Crippen LogP contribution in [-0.4, -0.2) is 19.1 Å². The van der Waals surface area contributed by atoms with Crippen LogP contribution in [-0.2, 0) is 4.74 Å². The summed E-state index contributed by atoms with van der Waals surface area (Å²) in [4.78, 5) is 0. The van der Waals surface area contributed by atoms with Crippen molar-refractivity contribution < 1.29 is 22.3 Å². The van der Waals surface area contributed by atoms with Crippen molar-refractivity contribution in [2.24, 2.45) is 5.92 Å². The average Bonchev–Trinajstić information content (AvgIpc) is 2.19. The molecule has 0 aromatic heterocycles. The summed E-state index contributed by atoms with van der Waals surface area (Å²) < 4.78 is 55.5. The quantitative estimate of drug-likeness (QED) is 0.654. The Morgan fingerprint density at radius 1 is 1.00 bits per heavy atom. The molecule has 0 N–H and O–H groups in total. The van der Waals surface area contributed by atoms with Crippen LogP contribution in [0.25, 0.3) is 0 Å². The Hall–Kier alpha value is -0.320. The summed E-state index contributed by atoms with van der Waals surface area (Å²) in [6.07, 6.45) is -1.97. The molecular weight excluding hydrogens is 200 g/mol. The number of halogens is 4. The fraction of sp³-hybridized carbons (Fsp3) is 1.00. The molecule has 0 aromatic carbocycles. The number of alkyl halides is 4. The molecule has 84 valence electrons. The van der Waals surface area contributed by atoms with Gasteiger partial charge in [-0.05, 0) is 12.8 Å². The smallest absolute Gasteiger partial charge is 0.319 e. The van der Waals surface area contributed by atoms with E-state index in [9.17, 15) is 17.6 Å². The molecule has 0 unspecified atom stereocenters. The number of hydrogen-bond acceptors (Lipinski definition) is 1. The molecule has 14 heavy (non-hydrogen) atoms. The molecule has 0 aromatic rings. The van der Waals surface area contributed by atoms with E-state index < -0.39 is 17.9 Å². The molecule has 0 aliphatic heterocycles. The molecule has 5 heteroatoms. The minimum absolute atomic E-state index is 0.159. The topological polar surface area (TPSA) is 9.23 Å². The Balaban J connectivity index is 2.71. The molecule has 1 nitrogen and oxygen atoms in total. The predicted octanol–water partition coefficient (Wildman–Crippen LogP) is 3.44. The third-order valence-corrected chi connectivity index (χ3v) is 2.76. The van der Waals surface area contributed by atoms with Gasteiger partial charge in [-0.15, -0.1) is 0 Å². The van der Waals surface area contributed by atoms with Crippen molar-refractivity contribution in [2.45, 2.75) is 44.1 Å². The molecule has 0 bridgehead atoms. The second kappa shape index (κ2) is 4.04. The van der Waals surface area contributed by atoms with Crippen molar-refractivity contribution >= 4 is 0 Å². The fourth-order valence-corrected chi connectivity index (χ4v) is 1.84. The van der Waals surface area contributed by atoms with E-state index in [4.69, 9.17) is 0 Å². The Kier molecular flexibility index (Phi) is 3.40. The van der Waals surface area contributed by atoms with Crippen LogP contribution in [0.2, 0.25) is 0 Å². The van der Waals surface area contributed by atoms with Crippen molar-refractivity contribution in [3.8, 4) is 0 Å². The molecule has 0 spiro atoms. The zero-order valence-corrected chi connectivity index (χ0v) is 8.03. The van der Waals surface area contributed by atoms with Gasteiger partial charge in [0.25, 0.3) is 0 Å². The summed E-state index contributed by atoms with van der Waals surface area (Å²) in [6, 6.07) is 0. The summed E-state index contributed by atoms with van der Waals surface area (Å²) in [5.74, 6) is -5.28. The third-order valence-electron chi connectivity index (χ3n) is 2.76. The minimum atomic E-state index is -4.34. The number of rotatable bonds is 3. The third kappa shape index (κ3) is 2.02. The van der Waals surface area contributed by atoms with Gasteiger partial charge in [-0.1, -0.05) is 19.3 Å². The Morgan fingerprint density at radius 3 is 1.93 bits per heavy atom. The highest BCUT2D eigenvalue weighted by molar-refractivity contribution is 4.86. The number of methoxy groups -OCH3 is 1. The lowest BCUT2D eigenvalue weighted by atomic mass is 9.84. The average molecular weight is 214 g/mol. The molecule has 1 fully saturated rings. The fourth-order valence-electron chi connectivity index (χ4n) is 1.84.